The van der Waals surface area contributed by atoms with Gasteiger partial charge in [0.05, 0.1) is 6.61 Å². The summed E-state index contributed by atoms with van der Waals surface area (Å²) in [7, 11) is 0. The van der Waals surface area contributed by atoms with E-state index in [9.17, 15) is 4.39 Å². The maximum Gasteiger partial charge on any atom is 0.124 e. The van der Waals surface area contributed by atoms with Crippen molar-refractivity contribution >= 4 is 0 Å². The van der Waals surface area contributed by atoms with Gasteiger partial charge in [0.1, 0.15) is 6.17 Å². The van der Waals surface area contributed by atoms with Gasteiger partial charge in [-0.05, 0) is 12.3 Å². The third-order valence-corrected chi connectivity index (χ3v) is 1.36. The maximum atomic E-state index is 12.3. The van der Waals surface area contributed by atoms with Crippen LogP contribution in [0.3, 0.4) is 0 Å². The molecule has 1 heterocycles. The zero-order valence-corrected chi connectivity index (χ0v) is 5.06. The molecule has 1 aliphatic heterocycles. The van der Waals surface area contributed by atoms with E-state index < -0.39 is 6.17 Å². The summed E-state index contributed by atoms with van der Waals surface area (Å²) in [6.07, 6.45) is -0.0289. The highest BCUT2D eigenvalue weighted by atomic mass is 19.1. The fourth-order valence-electron chi connectivity index (χ4n) is 0.970. The lowest BCUT2D eigenvalue weighted by atomic mass is 10.0. The smallest absolute Gasteiger partial charge is 0.124 e. The van der Waals surface area contributed by atoms with E-state index in [1.54, 1.807) is 0 Å². The molecule has 2 heteroatoms. The van der Waals surface area contributed by atoms with Gasteiger partial charge in [0.25, 0.3) is 0 Å². The first-order valence-corrected chi connectivity index (χ1v) is 3.01. The lowest BCUT2D eigenvalue weighted by molar-refractivity contribution is 0.00589. The van der Waals surface area contributed by atoms with Crippen LogP contribution >= 0.6 is 0 Å². The van der Waals surface area contributed by atoms with E-state index >= 15 is 0 Å². The number of hydrogen-bond donors (Lipinski definition) is 0. The Morgan fingerprint density at radius 2 is 2.25 bits per heavy atom. The van der Waals surface area contributed by atoms with E-state index in [1.165, 1.54) is 0 Å². The van der Waals surface area contributed by atoms with Crippen LogP contribution in [0.25, 0.3) is 0 Å². The Balaban J connectivity index is 2.23. The van der Waals surface area contributed by atoms with E-state index in [-0.39, 0.29) is 0 Å². The number of hydrogen-bond acceptors (Lipinski definition) is 1. The van der Waals surface area contributed by atoms with E-state index in [0.717, 1.165) is 6.61 Å². The Bertz CT molecular complexity index is 66.9. The molecule has 0 bridgehead atoms. The molecule has 0 N–H and O–H groups in total. The van der Waals surface area contributed by atoms with Crippen molar-refractivity contribution in [1.29, 1.82) is 0 Å². The van der Waals surface area contributed by atoms with Gasteiger partial charge in [0.15, 0.2) is 0 Å². The van der Waals surface area contributed by atoms with Crippen LogP contribution in [0.5, 0.6) is 0 Å². The van der Waals surface area contributed by atoms with E-state index in [0.29, 0.717) is 18.9 Å². The average molecular weight is 118 g/mol. The standard InChI is InChI=1S/C6H11FO/c1-5-2-6(7)4-8-3-5/h5-6H,2-4H2,1H3. The highest BCUT2D eigenvalue weighted by Gasteiger charge is 2.17. The fraction of sp³-hybridized carbons (Fsp3) is 1.00. The SMILES string of the molecule is CC1COCC(F)C1. The monoisotopic (exact) mass is 118 g/mol. The molecule has 0 aromatic carbocycles. The first-order valence-electron chi connectivity index (χ1n) is 3.01. The molecule has 2 atom stereocenters. The summed E-state index contributed by atoms with van der Waals surface area (Å²) in [6, 6.07) is 0. The molecular weight excluding hydrogens is 107 g/mol. The predicted octanol–water partition coefficient (Wildman–Crippen LogP) is 1.38. The lowest BCUT2D eigenvalue weighted by Crippen LogP contribution is -2.24. The van der Waals surface area contributed by atoms with Crippen LogP contribution in [-0.2, 0) is 4.74 Å². The molecule has 0 aliphatic carbocycles. The second kappa shape index (κ2) is 2.44. The maximum absolute atomic E-state index is 12.3. The summed E-state index contributed by atoms with van der Waals surface area (Å²) < 4.78 is 17.2. The fourth-order valence-corrected chi connectivity index (χ4v) is 0.970. The largest absolute Gasteiger partial charge is 0.378 e. The van der Waals surface area contributed by atoms with Crippen molar-refractivity contribution in [2.45, 2.75) is 19.5 Å². The molecule has 0 aromatic rings. The van der Waals surface area contributed by atoms with Crippen molar-refractivity contribution in [2.75, 3.05) is 13.2 Å². The number of alkyl halides is 1. The molecule has 0 radical (unpaired) electrons. The van der Waals surface area contributed by atoms with Gasteiger partial charge in [0.2, 0.25) is 0 Å². The highest BCUT2D eigenvalue weighted by molar-refractivity contribution is 4.65. The number of ether oxygens (including phenoxy) is 1. The zero-order chi connectivity index (χ0) is 5.98. The summed E-state index contributed by atoms with van der Waals surface area (Å²) in [6.45, 7) is 3.05. The molecule has 1 rings (SSSR count). The molecule has 1 aliphatic rings. The van der Waals surface area contributed by atoms with Crippen molar-refractivity contribution in [3.63, 3.8) is 0 Å². The van der Waals surface area contributed by atoms with Crippen LogP contribution in [0.4, 0.5) is 4.39 Å². The van der Waals surface area contributed by atoms with E-state index in [1.807, 2.05) is 6.92 Å². The Morgan fingerprint density at radius 1 is 1.50 bits per heavy atom. The van der Waals surface area contributed by atoms with Crippen molar-refractivity contribution in [1.82, 2.24) is 0 Å². The summed E-state index contributed by atoms with van der Waals surface area (Å²) >= 11 is 0. The van der Waals surface area contributed by atoms with Crippen LogP contribution in [-0.4, -0.2) is 19.4 Å². The Hall–Kier alpha value is -0.110. The van der Waals surface area contributed by atoms with Gasteiger partial charge in [-0.25, -0.2) is 4.39 Å². The molecule has 0 saturated carbocycles. The van der Waals surface area contributed by atoms with Crippen LogP contribution in [0, 0.1) is 5.92 Å². The number of rotatable bonds is 0. The molecule has 48 valence electrons. The first kappa shape index (κ1) is 6.02. The lowest BCUT2D eigenvalue weighted by Gasteiger charge is -2.20. The van der Waals surface area contributed by atoms with Gasteiger partial charge in [-0.1, -0.05) is 6.92 Å². The Labute approximate surface area is 48.8 Å². The van der Waals surface area contributed by atoms with Crippen molar-refractivity contribution < 1.29 is 9.13 Å². The third-order valence-electron chi connectivity index (χ3n) is 1.36. The average Bonchev–Trinajstić information content (AvgIpc) is 1.64. The minimum Gasteiger partial charge on any atom is -0.378 e. The van der Waals surface area contributed by atoms with E-state index in [4.69, 9.17) is 4.74 Å². The van der Waals surface area contributed by atoms with Crippen LogP contribution in [0.1, 0.15) is 13.3 Å². The number of halogens is 1. The molecule has 2 unspecified atom stereocenters. The van der Waals surface area contributed by atoms with Crippen LogP contribution in [0.15, 0.2) is 0 Å². The van der Waals surface area contributed by atoms with Gasteiger partial charge < -0.3 is 4.74 Å². The second-order valence-electron chi connectivity index (χ2n) is 2.48. The Morgan fingerprint density at radius 3 is 2.62 bits per heavy atom. The molecule has 0 aromatic heterocycles. The van der Waals surface area contributed by atoms with Crippen LogP contribution < -0.4 is 0 Å². The van der Waals surface area contributed by atoms with Crippen LogP contribution in [0.2, 0.25) is 0 Å². The van der Waals surface area contributed by atoms with Crippen molar-refractivity contribution in [3.05, 3.63) is 0 Å². The first-order chi connectivity index (χ1) is 3.79. The molecule has 0 amide bonds. The molecule has 1 saturated heterocycles. The normalized spacial score (nSPS) is 39.8. The summed E-state index contributed by atoms with van der Waals surface area (Å²) in [5, 5.41) is 0. The predicted molar refractivity (Wildman–Crippen MR) is 29.5 cm³/mol. The zero-order valence-electron chi connectivity index (χ0n) is 5.06. The molecular formula is C6H11FO. The van der Waals surface area contributed by atoms with Gasteiger partial charge in [-0.2, -0.15) is 0 Å². The quantitative estimate of drug-likeness (QED) is 0.467. The highest BCUT2D eigenvalue weighted by Crippen LogP contribution is 2.14. The van der Waals surface area contributed by atoms with Crippen molar-refractivity contribution in [3.8, 4) is 0 Å². The Kier molecular flexibility index (Phi) is 1.84. The minimum absolute atomic E-state index is 0.310. The minimum atomic E-state index is -0.709. The topological polar surface area (TPSA) is 9.23 Å². The molecule has 1 nitrogen and oxygen atoms in total. The summed E-state index contributed by atoms with van der Waals surface area (Å²) in [4.78, 5) is 0. The second-order valence-corrected chi connectivity index (χ2v) is 2.48. The van der Waals surface area contributed by atoms with E-state index in [2.05, 4.69) is 0 Å². The van der Waals surface area contributed by atoms with Gasteiger partial charge >= 0.3 is 0 Å². The van der Waals surface area contributed by atoms with Crippen molar-refractivity contribution in [2.24, 2.45) is 5.92 Å². The van der Waals surface area contributed by atoms with Gasteiger partial charge in [-0.3, -0.25) is 0 Å². The summed E-state index contributed by atoms with van der Waals surface area (Å²) in [5.74, 6) is 0.416. The molecule has 0 spiro atoms. The molecule has 1 fully saturated rings. The van der Waals surface area contributed by atoms with Gasteiger partial charge in [0, 0.05) is 6.61 Å². The van der Waals surface area contributed by atoms with Gasteiger partial charge in [-0.15, -0.1) is 0 Å². The summed E-state index contributed by atoms with van der Waals surface area (Å²) in [5.41, 5.74) is 0. The third kappa shape index (κ3) is 1.44. The molecule has 8 heavy (non-hydrogen) atoms.